The van der Waals surface area contributed by atoms with Crippen molar-refractivity contribution < 1.29 is 4.79 Å². The van der Waals surface area contributed by atoms with E-state index in [1.54, 1.807) is 0 Å². The number of rotatable bonds is 3. The Balaban J connectivity index is 1.89. The van der Waals surface area contributed by atoms with Crippen LogP contribution in [0.3, 0.4) is 0 Å². The van der Waals surface area contributed by atoms with Gasteiger partial charge < -0.3 is 5.73 Å². The monoisotopic (exact) mass is 153 g/mol. The molecular formula is C9H15NO. The third kappa shape index (κ3) is 0.815. The van der Waals surface area contributed by atoms with E-state index in [4.69, 9.17) is 5.73 Å². The lowest BCUT2D eigenvalue weighted by molar-refractivity contribution is -0.208. The minimum absolute atomic E-state index is 0.116. The summed E-state index contributed by atoms with van der Waals surface area (Å²) in [7, 11) is 0. The Bertz CT molecular complexity index is 190. The Kier molecular flexibility index (Phi) is 1.16. The van der Waals surface area contributed by atoms with Crippen LogP contribution in [0.1, 0.15) is 39.0 Å². The van der Waals surface area contributed by atoms with E-state index in [9.17, 15) is 4.79 Å². The molecule has 2 nitrogen and oxygen atoms in total. The van der Waals surface area contributed by atoms with Crippen LogP contribution in [0.2, 0.25) is 0 Å². The first-order valence-corrected chi connectivity index (χ1v) is 4.38. The summed E-state index contributed by atoms with van der Waals surface area (Å²) in [6.45, 7) is 2.24. The van der Waals surface area contributed by atoms with Crippen molar-refractivity contribution in [3.63, 3.8) is 0 Å². The van der Waals surface area contributed by atoms with E-state index in [0.717, 1.165) is 0 Å². The summed E-state index contributed by atoms with van der Waals surface area (Å²) in [6.07, 6.45) is 5.71. The Morgan fingerprint density at radius 1 is 1.36 bits per heavy atom. The highest BCUT2D eigenvalue weighted by atomic mass is 16.1. The van der Waals surface area contributed by atoms with Crippen LogP contribution >= 0.6 is 0 Å². The molecule has 2 heteroatoms. The Labute approximate surface area is 67.1 Å². The Morgan fingerprint density at radius 3 is 2.27 bits per heavy atom. The van der Waals surface area contributed by atoms with Crippen LogP contribution < -0.4 is 5.73 Å². The molecule has 3 aliphatic carbocycles. The van der Waals surface area contributed by atoms with E-state index in [2.05, 4.69) is 6.92 Å². The quantitative estimate of drug-likeness (QED) is 0.655. The third-order valence-electron chi connectivity index (χ3n) is 3.55. The molecule has 3 rings (SSSR count). The first kappa shape index (κ1) is 7.14. The number of carbonyl (C=O) groups is 1. The fourth-order valence-electron chi connectivity index (χ4n) is 3.16. The molecule has 1 amide bonds. The lowest BCUT2D eigenvalue weighted by atomic mass is 9.33. The normalized spacial score (nSPS) is 45.9. The van der Waals surface area contributed by atoms with Crippen molar-refractivity contribution in [3.8, 4) is 0 Å². The predicted molar refractivity (Wildman–Crippen MR) is 42.8 cm³/mol. The number of hydrogen-bond donors (Lipinski definition) is 1. The van der Waals surface area contributed by atoms with Gasteiger partial charge in [-0.1, -0.05) is 13.3 Å². The summed E-state index contributed by atoms with van der Waals surface area (Å²) in [6, 6.07) is 0. The maximum Gasteiger partial charge on any atom is 0.217 e. The summed E-state index contributed by atoms with van der Waals surface area (Å²) in [5.41, 5.74) is 6.18. The maximum absolute atomic E-state index is 10.6. The van der Waals surface area contributed by atoms with Gasteiger partial charge in [0.15, 0.2) is 0 Å². The van der Waals surface area contributed by atoms with Gasteiger partial charge in [0, 0.05) is 6.42 Å². The molecule has 2 bridgehead atoms. The molecule has 0 aromatic carbocycles. The van der Waals surface area contributed by atoms with E-state index < -0.39 is 0 Å². The Morgan fingerprint density at radius 2 is 1.91 bits per heavy atom. The van der Waals surface area contributed by atoms with Crippen molar-refractivity contribution in [2.24, 2.45) is 16.6 Å². The van der Waals surface area contributed by atoms with Crippen LogP contribution in [-0.4, -0.2) is 5.91 Å². The zero-order valence-corrected chi connectivity index (χ0v) is 7.02. The molecule has 0 heterocycles. The van der Waals surface area contributed by atoms with Gasteiger partial charge in [-0.05, 0) is 30.1 Å². The lowest BCUT2D eigenvalue weighted by Gasteiger charge is -2.71. The average Bonchev–Trinajstić information content (AvgIpc) is 1.74. The number of nitrogens with two attached hydrogens (primary N) is 1. The molecule has 2 N–H and O–H groups in total. The molecule has 0 aromatic heterocycles. The minimum atomic E-state index is -0.116. The molecule has 0 unspecified atom stereocenters. The van der Waals surface area contributed by atoms with Gasteiger partial charge in [-0.2, -0.15) is 0 Å². The molecule has 11 heavy (non-hydrogen) atoms. The van der Waals surface area contributed by atoms with E-state index in [0.29, 0.717) is 17.3 Å². The van der Waals surface area contributed by atoms with E-state index >= 15 is 0 Å². The number of amides is 1. The molecule has 0 saturated heterocycles. The summed E-state index contributed by atoms with van der Waals surface area (Å²) >= 11 is 0. The molecule has 3 saturated carbocycles. The predicted octanol–water partition coefficient (Wildman–Crippen LogP) is 1.44. The molecule has 0 atom stereocenters. The molecule has 3 fully saturated rings. The second-order valence-electron chi connectivity index (χ2n) is 4.53. The summed E-state index contributed by atoms with van der Waals surface area (Å²) in [4.78, 5) is 10.6. The van der Waals surface area contributed by atoms with Crippen molar-refractivity contribution in [1.82, 2.24) is 0 Å². The highest BCUT2D eigenvalue weighted by Crippen LogP contribution is 2.76. The SMILES string of the molecule is CCC12CC(CC(N)=O)(C1)C2. The van der Waals surface area contributed by atoms with Gasteiger partial charge in [0.25, 0.3) is 0 Å². The topological polar surface area (TPSA) is 43.1 Å². The number of hydrogen-bond acceptors (Lipinski definition) is 1. The fraction of sp³-hybridized carbons (Fsp3) is 0.889. The number of primary amides is 1. The van der Waals surface area contributed by atoms with Crippen molar-refractivity contribution in [3.05, 3.63) is 0 Å². The first-order chi connectivity index (χ1) is 5.10. The maximum atomic E-state index is 10.6. The fourth-order valence-corrected chi connectivity index (χ4v) is 3.16. The molecular weight excluding hydrogens is 138 g/mol. The van der Waals surface area contributed by atoms with Crippen LogP contribution in [-0.2, 0) is 4.79 Å². The minimum Gasteiger partial charge on any atom is -0.370 e. The highest BCUT2D eigenvalue weighted by Gasteiger charge is 2.66. The standard InChI is InChI=1S/C9H15NO/c1-2-8-4-9(5-8,6-8)3-7(10)11/h2-6H2,1H3,(H2,10,11). The van der Waals surface area contributed by atoms with Crippen molar-refractivity contribution in [1.29, 1.82) is 0 Å². The zero-order chi connectivity index (χ0) is 8.11. The van der Waals surface area contributed by atoms with Gasteiger partial charge in [-0.15, -0.1) is 0 Å². The third-order valence-corrected chi connectivity index (χ3v) is 3.55. The molecule has 0 aromatic rings. The molecule has 0 spiro atoms. The second-order valence-corrected chi connectivity index (χ2v) is 4.53. The van der Waals surface area contributed by atoms with Crippen LogP contribution in [0.5, 0.6) is 0 Å². The van der Waals surface area contributed by atoms with E-state index in [1.807, 2.05) is 0 Å². The second kappa shape index (κ2) is 1.79. The van der Waals surface area contributed by atoms with Crippen molar-refractivity contribution >= 4 is 5.91 Å². The molecule has 0 aliphatic heterocycles. The van der Waals surface area contributed by atoms with E-state index in [-0.39, 0.29) is 5.91 Å². The van der Waals surface area contributed by atoms with Crippen LogP contribution in [0, 0.1) is 10.8 Å². The highest BCUT2D eigenvalue weighted by molar-refractivity contribution is 5.75. The van der Waals surface area contributed by atoms with Gasteiger partial charge in [0.1, 0.15) is 0 Å². The molecule has 3 aliphatic rings. The van der Waals surface area contributed by atoms with Gasteiger partial charge in [-0.25, -0.2) is 0 Å². The summed E-state index contributed by atoms with van der Waals surface area (Å²) in [5, 5.41) is 0. The van der Waals surface area contributed by atoms with Gasteiger partial charge in [0.05, 0.1) is 0 Å². The van der Waals surface area contributed by atoms with Crippen LogP contribution in [0.4, 0.5) is 0 Å². The van der Waals surface area contributed by atoms with Gasteiger partial charge >= 0.3 is 0 Å². The molecule has 62 valence electrons. The average molecular weight is 153 g/mol. The van der Waals surface area contributed by atoms with Gasteiger partial charge in [-0.3, -0.25) is 4.79 Å². The number of carbonyl (C=O) groups excluding carboxylic acids is 1. The van der Waals surface area contributed by atoms with Crippen molar-refractivity contribution in [2.75, 3.05) is 0 Å². The molecule has 0 radical (unpaired) electrons. The zero-order valence-electron chi connectivity index (χ0n) is 7.02. The van der Waals surface area contributed by atoms with Crippen LogP contribution in [0.15, 0.2) is 0 Å². The van der Waals surface area contributed by atoms with E-state index in [1.165, 1.54) is 25.7 Å². The summed E-state index contributed by atoms with van der Waals surface area (Å²) < 4.78 is 0. The van der Waals surface area contributed by atoms with Gasteiger partial charge in [0.2, 0.25) is 5.91 Å². The largest absolute Gasteiger partial charge is 0.370 e. The van der Waals surface area contributed by atoms with Crippen LogP contribution in [0.25, 0.3) is 0 Å². The van der Waals surface area contributed by atoms with Crippen molar-refractivity contribution in [2.45, 2.75) is 39.0 Å². The Hall–Kier alpha value is -0.530. The summed E-state index contributed by atoms with van der Waals surface area (Å²) in [5.74, 6) is -0.116. The first-order valence-electron chi connectivity index (χ1n) is 4.38. The lowest BCUT2D eigenvalue weighted by Crippen LogP contribution is -2.62. The smallest absolute Gasteiger partial charge is 0.217 e.